The maximum absolute atomic E-state index is 13.3. The lowest BCUT2D eigenvalue weighted by molar-refractivity contribution is -0.123. The first-order valence-corrected chi connectivity index (χ1v) is 11.7. The van der Waals surface area contributed by atoms with Crippen molar-refractivity contribution < 1.29 is 18.7 Å². The Bertz CT molecular complexity index is 1380. The Balaban J connectivity index is 1.36. The highest BCUT2D eigenvalue weighted by atomic mass is 32.2. The van der Waals surface area contributed by atoms with E-state index in [9.17, 15) is 14.0 Å². The highest BCUT2D eigenvalue weighted by Crippen LogP contribution is 2.34. The van der Waals surface area contributed by atoms with Gasteiger partial charge in [0.2, 0.25) is 0 Å². The van der Waals surface area contributed by atoms with Crippen molar-refractivity contribution >= 4 is 39.9 Å². The lowest BCUT2D eigenvalue weighted by atomic mass is 10.1. The Morgan fingerprint density at radius 1 is 0.912 bits per heavy atom. The Morgan fingerprint density at radius 2 is 1.65 bits per heavy atom. The van der Waals surface area contributed by atoms with Crippen molar-refractivity contribution in [2.24, 2.45) is 0 Å². The molecule has 5 rings (SSSR count). The first-order valence-electron chi connectivity index (χ1n) is 10.8. The smallest absolute Gasteiger partial charge is 0.293 e. The molecule has 0 unspecified atom stereocenters. The van der Waals surface area contributed by atoms with Crippen LogP contribution in [0.15, 0.2) is 90.0 Å². The van der Waals surface area contributed by atoms with Gasteiger partial charge in [0.05, 0.1) is 11.4 Å². The zero-order valence-corrected chi connectivity index (χ0v) is 19.0. The molecule has 0 N–H and O–H groups in total. The summed E-state index contributed by atoms with van der Waals surface area (Å²) in [7, 11) is 0. The summed E-state index contributed by atoms with van der Waals surface area (Å²) < 4.78 is 21.0. The molecule has 0 radical (unpaired) electrons. The molecule has 4 aromatic rings. The Kier molecular flexibility index (Phi) is 6.18. The molecule has 0 atom stereocenters. The van der Waals surface area contributed by atoms with E-state index in [1.165, 1.54) is 17.0 Å². The van der Waals surface area contributed by atoms with E-state index in [1.807, 2.05) is 60.8 Å². The van der Waals surface area contributed by atoms with Crippen molar-refractivity contribution in [3.8, 4) is 5.75 Å². The second-order valence-electron chi connectivity index (χ2n) is 7.85. The van der Waals surface area contributed by atoms with Crippen molar-refractivity contribution in [1.29, 1.82) is 0 Å². The van der Waals surface area contributed by atoms with Crippen LogP contribution in [0.4, 0.5) is 9.18 Å². The van der Waals surface area contributed by atoms with Crippen molar-refractivity contribution in [2.45, 2.75) is 6.54 Å². The number of hydrogen-bond acceptors (Lipinski definition) is 4. The van der Waals surface area contributed by atoms with Crippen LogP contribution in [0.1, 0.15) is 11.1 Å². The average molecular weight is 473 g/mol. The number of ether oxygens (including phenoxy) is 1. The molecule has 3 aromatic carbocycles. The fraction of sp³-hybridized carbons (Fsp3) is 0.111. The van der Waals surface area contributed by atoms with Crippen molar-refractivity contribution in [3.63, 3.8) is 0 Å². The van der Waals surface area contributed by atoms with E-state index in [0.717, 1.165) is 33.8 Å². The van der Waals surface area contributed by atoms with Gasteiger partial charge in [-0.3, -0.25) is 14.5 Å². The number of amides is 2. The summed E-state index contributed by atoms with van der Waals surface area (Å²) in [4.78, 5) is 27.1. The normalized spacial score (nSPS) is 15.0. The fourth-order valence-electron chi connectivity index (χ4n) is 3.91. The molecule has 34 heavy (non-hydrogen) atoms. The third-order valence-electron chi connectivity index (χ3n) is 5.57. The van der Waals surface area contributed by atoms with Crippen LogP contribution in [-0.4, -0.2) is 33.8 Å². The van der Waals surface area contributed by atoms with E-state index in [1.54, 1.807) is 18.2 Å². The number of rotatable bonds is 7. The number of hydrogen-bond donors (Lipinski definition) is 0. The number of aromatic nitrogens is 1. The average Bonchev–Trinajstić information content (AvgIpc) is 3.33. The highest BCUT2D eigenvalue weighted by molar-refractivity contribution is 8.18. The minimum atomic E-state index is -0.318. The quantitative estimate of drug-likeness (QED) is 0.312. The molecule has 1 saturated heterocycles. The third-order valence-corrected chi connectivity index (χ3v) is 6.48. The van der Waals surface area contributed by atoms with Gasteiger partial charge < -0.3 is 9.30 Å². The molecule has 1 fully saturated rings. The molecule has 0 spiro atoms. The molecule has 1 aromatic heterocycles. The number of imide groups is 1. The summed E-state index contributed by atoms with van der Waals surface area (Å²) in [5, 5.41) is 0.673. The maximum atomic E-state index is 13.3. The maximum Gasteiger partial charge on any atom is 0.293 e. The van der Waals surface area contributed by atoms with Gasteiger partial charge in [0.25, 0.3) is 11.1 Å². The lowest BCUT2D eigenvalue weighted by Gasteiger charge is -2.13. The Morgan fingerprint density at radius 3 is 2.44 bits per heavy atom. The van der Waals surface area contributed by atoms with E-state index in [-0.39, 0.29) is 30.1 Å². The zero-order valence-electron chi connectivity index (χ0n) is 18.2. The molecule has 1 aliphatic heterocycles. The van der Waals surface area contributed by atoms with Crippen LogP contribution >= 0.6 is 11.8 Å². The van der Waals surface area contributed by atoms with Crippen molar-refractivity contribution in [2.75, 3.05) is 13.2 Å². The predicted octanol–water partition coefficient (Wildman–Crippen LogP) is 5.94. The van der Waals surface area contributed by atoms with E-state index in [2.05, 4.69) is 4.57 Å². The predicted molar refractivity (Wildman–Crippen MR) is 132 cm³/mol. The molecule has 5 nitrogen and oxygen atoms in total. The number of thioether (sulfide) groups is 1. The number of halogens is 1. The molecule has 170 valence electrons. The van der Waals surface area contributed by atoms with Gasteiger partial charge in [0.1, 0.15) is 18.2 Å². The Labute approximate surface area is 200 Å². The second-order valence-corrected chi connectivity index (χ2v) is 8.84. The second kappa shape index (κ2) is 9.57. The number of fused-ring (bicyclic) bond motifs is 1. The van der Waals surface area contributed by atoms with Crippen LogP contribution in [0.5, 0.6) is 5.75 Å². The minimum absolute atomic E-state index is 0.184. The topological polar surface area (TPSA) is 51.5 Å². The molecule has 2 amide bonds. The number of carbonyl (C=O) groups excluding carboxylic acids is 2. The van der Waals surface area contributed by atoms with E-state index in [0.29, 0.717) is 17.2 Å². The fourth-order valence-corrected chi connectivity index (χ4v) is 4.77. The summed E-state index contributed by atoms with van der Waals surface area (Å²) in [6.45, 7) is 0.975. The number of benzene rings is 3. The molecular weight excluding hydrogens is 451 g/mol. The minimum Gasteiger partial charge on any atom is -0.492 e. The zero-order chi connectivity index (χ0) is 23.5. The standard InChI is InChI=1S/C27H21FN2O3S/c28-21-12-10-19(11-13-21)17-29-18-20(23-8-4-5-9-24(23)29)16-25-26(31)30(27(32)34-25)14-15-33-22-6-2-1-3-7-22/h1-13,16,18H,14-15,17H2/b25-16-. The van der Waals surface area contributed by atoms with Gasteiger partial charge in [0.15, 0.2) is 0 Å². The third kappa shape index (κ3) is 4.61. The summed E-state index contributed by atoms with van der Waals surface area (Å²) in [5.41, 5.74) is 2.81. The largest absolute Gasteiger partial charge is 0.492 e. The van der Waals surface area contributed by atoms with Gasteiger partial charge in [-0.15, -0.1) is 0 Å². The first kappa shape index (κ1) is 22.0. The number of carbonyl (C=O) groups is 2. The summed E-state index contributed by atoms with van der Waals surface area (Å²) in [6, 6.07) is 23.6. The van der Waals surface area contributed by atoms with E-state index >= 15 is 0 Å². The molecule has 0 aliphatic carbocycles. The summed E-state index contributed by atoms with van der Waals surface area (Å²) in [5.74, 6) is 0.104. The Hall–Kier alpha value is -3.84. The SMILES string of the molecule is O=C1S/C(=C\c2cn(Cc3ccc(F)cc3)c3ccccc23)C(=O)N1CCOc1ccccc1. The van der Waals surface area contributed by atoms with Crippen molar-refractivity contribution in [3.05, 3.63) is 107 Å². The van der Waals surface area contributed by atoms with Gasteiger partial charge in [-0.05, 0) is 53.7 Å². The molecule has 0 bridgehead atoms. The van der Waals surface area contributed by atoms with Gasteiger partial charge >= 0.3 is 0 Å². The molecule has 2 heterocycles. The van der Waals surface area contributed by atoms with Crippen LogP contribution < -0.4 is 4.74 Å². The highest BCUT2D eigenvalue weighted by Gasteiger charge is 2.35. The summed E-state index contributed by atoms with van der Waals surface area (Å²) >= 11 is 0.938. The van der Waals surface area contributed by atoms with Gasteiger partial charge in [-0.25, -0.2) is 4.39 Å². The van der Waals surface area contributed by atoms with Gasteiger partial charge in [0, 0.05) is 29.2 Å². The van der Waals surface area contributed by atoms with Gasteiger partial charge in [-0.1, -0.05) is 48.5 Å². The van der Waals surface area contributed by atoms with Crippen LogP contribution in [0.25, 0.3) is 17.0 Å². The van der Waals surface area contributed by atoms with Gasteiger partial charge in [-0.2, -0.15) is 0 Å². The molecule has 1 aliphatic rings. The molecule has 0 saturated carbocycles. The van der Waals surface area contributed by atoms with Crippen LogP contribution in [0.3, 0.4) is 0 Å². The molecule has 7 heteroatoms. The van der Waals surface area contributed by atoms with Crippen LogP contribution in [0, 0.1) is 5.82 Å². The van der Waals surface area contributed by atoms with Crippen LogP contribution in [0.2, 0.25) is 0 Å². The number of nitrogens with zero attached hydrogens (tertiary/aromatic N) is 2. The van der Waals surface area contributed by atoms with Crippen molar-refractivity contribution in [1.82, 2.24) is 9.47 Å². The first-order chi connectivity index (χ1) is 16.6. The van der Waals surface area contributed by atoms with E-state index in [4.69, 9.17) is 4.74 Å². The van der Waals surface area contributed by atoms with E-state index < -0.39 is 0 Å². The lowest BCUT2D eigenvalue weighted by Crippen LogP contribution is -2.32. The summed E-state index contributed by atoms with van der Waals surface area (Å²) in [6.07, 6.45) is 3.73. The monoisotopic (exact) mass is 472 g/mol. The molecular formula is C27H21FN2O3S. The van der Waals surface area contributed by atoms with Crippen LogP contribution in [-0.2, 0) is 11.3 Å². The number of para-hydroxylation sites is 2.